The molecule has 0 saturated heterocycles. The van der Waals surface area contributed by atoms with Crippen LogP contribution >= 0.6 is 0 Å². The highest BCUT2D eigenvalue weighted by molar-refractivity contribution is 5.65. The molecule has 0 heterocycles. The number of nitrogen functional groups attached to an aromatic ring is 1. The smallest absolute Gasteiger partial charge is 0.0701 e. The minimum absolute atomic E-state index is 0.556. The van der Waals surface area contributed by atoms with E-state index in [2.05, 4.69) is 5.32 Å². The third-order valence-electron chi connectivity index (χ3n) is 3.07. The predicted molar refractivity (Wildman–Crippen MR) is 94.5 cm³/mol. The summed E-state index contributed by atoms with van der Waals surface area (Å²) in [7, 11) is 1.65. The van der Waals surface area contributed by atoms with Gasteiger partial charge >= 0.3 is 0 Å². The van der Waals surface area contributed by atoms with Gasteiger partial charge in [-0.1, -0.05) is 12.1 Å². The predicted octanol–water partition coefficient (Wildman–Crippen LogP) is 1.39. The van der Waals surface area contributed by atoms with E-state index < -0.39 is 0 Å². The van der Waals surface area contributed by atoms with Crippen molar-refractivity contribution in [1.82, 2.24) is 0 Å². The third kappa shape index (κ3) is 11.2. The number of para-hydroxylation sites is 2. The zero-order valence-corrected chi connectivity index (χ0v) is 14.5. The molecule has 1 aromatic carbocycles. The molecule has 7 nitrogen and oxygen atoms in total. The number of anilines is 2. The Morgan fingerprint density at radius 1 is 0.750 bits per heavy atom. The molecule has 0 saturated carbocycles. The molecule has 1 aromatic rings. The maximum Gasteiger partial charge on any atom is 0.0701 e. The fourth-order valence-electron chi connectivity index (χ4n) is 1.82. The quantitative estimate of drug-likeness (QED) is 0.347. The maximum atomic E-state index is 5.83. The lowest BCUT2D eigenvalue weighted by Gasteiger charge is -2.10. The Balaban J connectivity index is 1.77. The molecule has 0 atom stereocenters. The lowest BCUT2D eigenvalue weighted by atomic mass is 10.3. The Hall–Kier alpha value is -1.38. The van der Waals surface area contributed by atoms with Gasteiger partial charge < -0.3 is 34.7 Å². The molecule has 24 heavy (non-hydrogen) atoms. The van der Waals surface area contributed by atoms with Gasteiger partial charge in [0.1, 0.15) is 0 Å². The molecule has 138 valence electrons. The highest BCUT2D eigenvalue weighted by Gasteiger charge is 1.96. The minimum Gasteiger partial charge on any atom is -0.397 e. The van der Waals surface area contributed by atoms with Crippen molar-refractivity contribution in [3.05, 3.63) is 24.3 Å². The standard InChI is InChI=1S/C17H30N2O5/c1-20-8-9-22-12-13-24-15-14-23-11-10-21-7-6-19-17-5-3-2-4-16(17)18/h2-5,19H,6-15,18H2,1H3. The summed E-state index contributed by atoms with van der Waals surface area (Å²) < 4.78 is 26.4. The fourth-order valence-corrected chi connectivity index (χ4v) is 1.82. The SMILES string of the molecule is COCCOCCOCCOCCOCCNc1ccccc1N. The van der Waals surface area contributed by atoms with Crippen molar-refractivity contribution in [2.45, 2.75) is 0 Å². The number of nitrogens with one attached hydrogen (secondary N) is 1. The van der Waals surface area contributed by atoms with Gasteiger partial charge in [-0.2, -0.15) is 0 Å². The van der Waals surface area contributed by atoms with E-state index in [1.807, 2.05) is 24.3 Å². The van der Waals surface area contributed by atoms with Crippen LogP contribution < -0.4 is 11.1 Å². The van der Waals surface area contributed by atoms with Gasteiger partial charge in [0.25, 0.3) is 0 Å². The van der Waals surface area contributed by atoms with Crippen molar-refractivity contribution in [2.24, 2.45) is 0 Å². The van der Waals surface area contributed by atoms with Crippen LogP contribution in [-0.4, -0.2) is 73.1 Å². The normalized spacial score (nSPS) is 10.9. The van der Waals surface area contributed by atoms with E-state index in [9.17, 15) is 0 Å². The molecule has 0 bridgehead atoms. The zero-order chi connectivity index (χ0) is 17.3. The Kier molecular flexibility index (Phi) is 13.1. The van der Waals surface area contributed by atoms with Gasteiger partial charge in [0.15, 0.2) is 0 Å². The molecule has 7 heteroatoms. The highest BCUT2D eigenvalue weighted by Crippen LogP contribution is 2.15. The Labute approximate surface area is 144 Å². The summed E-state index contributed by atoms with van der Waals surface area (Å²) in [5, 5.41) is 3.23. The molecule has 0 unspecified atom stereocenters. The molecule has 0 aromatic heterocycles. The second-order valence-corrected chi connectivity index (χ2v) is 4.96. The van der Waals surface area contributed by atoms with Gasteiger partial charge in [-0.25, -0.2) is 0 Å². The third-order valence-corrected chi connectivity index (χ3v) is 3.07. The highest BCUT2D eigenvalue weighted by atomic mass is 16.6. The summed E-state index contributed by atoms with van der Waals surface area (Å²) in [5.74, 6) is 0. The van der Waals surface area contributed by atoms with Crippen LogP contribution in [0.15, 0.2) is 24.3 Å². The van der Waals surface area contributed by atoms with E-state index in [1.165, 1.54) is 0 Å². The first-order chi connectivity index (χ1) is 11.8. The van der Waals surface area contributed by atoms with Crippen LogP contribution in [0.1, 0.15) is 0 Å². The van der Waals surface area contributed by atoms with E-state index >= 15 is 0 Å². The number of ether oxygens (including phenoxy) is 5. The van der Waals surface area contributed by atoms with E-state index in [4.69, 9.17) is 29.4 Å². The number of nitrogens with two attached hydrogens (primary N) is 1. The lowest BCUT2D eigenvalue weighted by Crippen LogP contribution is -2.15. The van der Waals surface area contributed by atoms with E-state index in [1.54, 1.807) is 7.11 Å². The van der Waals surface area contributed by atoms with Gasteiger partial charge in [-0.15, -0.1) is 0 Å². The average molecular weight is 342 g/mol. The van der Waals surface area contributed by atoms with Gasteiger partial charge in [0, 0.05) is 13.7 Å². The van der Waals surface area contributed by atoms with Crippen molar-refractivity contribution in [1.29, 1.82) is 0 Å². The summed E-state index contributed by atoms with van der Waals surface area (Å²) in [6.45, 7) is 5.89. The second kappa shape index (κ2) is 15.2. The second-order valence-electron chi connectivity index (χ2n) is 4.96. The zero-order valence-electron chi connectivity index (χ0n) is 14.5. The van der Waals surface area contributed by atoms with Gasteiger partial charge in [0.05, 0.1) is 70.8 Å². The first-order valence-corrected chi connectivity index (χ1v) is 8.23. The number of benzene rings is 1. The van der Waals surface area contributed by atoms with Crippen LogP contribution in [0.4, 0.5) is 11.4 Å². The van der Waals surface area contributed by atoms with E-state index in [-0.39, 0.29) is 0 Å². The average Bonchev–Trinajstić information content (AvgIpc) is 2.60. The Morgan fingerprint density at radius 2 is 1.25 bits per heavy atom. The molecular formula is C17H30N2O5. The molecule has 0 aliphatic carbocycles. The van der Waals surface area contributed by atoms with Crippen molar-refractivity contribution in [3.8, 4) is 0 Å². The molecule has 3 N–H and O–H groups in total. The van der Waals surface area contributed by atoms with Gasteiger partial charge in [-0.3, -0.25) is 0 Å². The monoisotopic (exact) mass is 342 g/mol. The van der Waals surface area contributed by atoms with E-state index in [0.717, 1.165) is 11.4 Å². The summed E-state index contributed by atoms with van der Waals surface area (Å²) in [6.07, 6.45) is 0. The molecular weight excluding hydrogens is 312 g/mol. The topological polar surface area (TPSA) is 84.2 Å². The van der Waals surface area contributed by atoms with Crippen molar-refractivity contribution in [3.63, 3.8) is 0 Å². The fraction of sp³-hybridized carbons (Fsp3) is 0.647. The van der Waals surface area contributed by atoms with Crippen LogP contribution in [0.25, 0.3) is 0 Å². The summed E-state index contributed by atoms with van der Waals surface area (Å²) in [4.78, 5) is 0. The molecule has 0 spiro atoms. The molecule has 0 radical (unpaired) electrons. The molecule has 0 amide bonds. The first-order valence-electron chi connectivity index (χ1n) is 8.23. The molecule has 0 aliphatic heterocycles. The number of rotatable bonds is 16. The maximum absolute atomic E-state index is 5.83. The molecule has 0 aliphatic rings. The number of hydrogen-bond acceptors (Lipinski definition) is 7. The van der Waals surface area contributed by atoms with Gasteiger partial charge in [0.2, 0.25) is 0 Å². The van der Waals surface area contributed by atoms with Crippen LogP contribution in [0, 0.1) is 0 Å². The van der Waals surface area contributed by atoms with Crippen LogP contribution in [0.5, 0.6) is 0 Å². The largest absolute Gasteiger partial charge is 0.397 e. The van der Waals surface area contributed by atoms with Gasteiger partial charge in [-0.05, 0) is 12.1 Å². The van der Waals surface area contributed by atoms with Crippen molar-refractivity contribution < 1.29 is 23.7 Å². The number of methoxy groups -OCH3 is 1. The van der Waals surface area contributed by atoms with Crippen LogP contribution in [-0.2, 0) is 23.7 Å². The minimum atomic E-state index is 0.556. The summed E-state index contributed by atoms with van der Waals surface area (Å²) in [6, 6.07) is 7.67. The van der Waals surface area contributed by atoms with Crippen LogP contribution in [0.3, 0.4) is 0 Å². The molecule has 0 fully saturated rings. The van der Waals surface area contributed by atoms with Crippen LogP contribution in [0.2, 0.25) is 0 Å². The Morgan fingerprint density at radius 3 is 1.79 bits per heavy atom. The van der Waals surface area contributed by atoms with Crippen molar-refractivity contribution in [2.75, 3.05) is 84.2 Å². The first kappa shape index (κ1) is 20.7. The van der Waals surface area contributed by atoms with Crippen molar-refractivity contribution >= 4 is 11.4 Å². The summed E-state index contributed by atoms with van der Waals surface area (Å²) in [5.41, 5.74) is 7.50. The number of hydrogen-bond donors (Lipinski definition) is 2. The molecule has 1 rings (SSSR count). The lowest BCUT2D eigenvalue weighted by molar-refractivity contribution is -0.00700. The Bertz CT molecular complexity index is 406. The summed E-state index contributed by atoms with van der Waals surface area (Å²) >= 11 is 0. The van der Waals surface area contributed by atoms with E-state index in [0.29, 0.717) is 66.0 Å².